The van der Waals surface area contributed by atoms with Gasteiger partial charge in [-0.05, 0) is 18.2 Å². The van der Waals surface area contributed by atoms with Crippen LogP contribution in [0, 0.1) is 11.3 Å². The van der Waals surface area contributed by atoms with Crippen molar-refractivity contribution in [2.45, 2.75) is 25.6 Å². The quantitative estimate of drug-likeness (QED) is 0.613. The molecule has 10 nitrogen and oxygen atoms in total. The van der Waals surface area contributed by atoms with E-state index in [0.29, 0.717) is 40.8 Å². The zero-order chi connectivity index (χ0) is 22.0. The van der Waals surface area contributed by atoms with Gasteiger partial charge in [-0.2, -0.15) is 10.4 Å². The Hall–Kier alpha value is -3.97. The van der Waals surface area contributed by atoms with Crippen LogP contribution in [0.4, 0.5) is 5.69 Å². The zero-order valence-electron chi connectivity index (χ0n) is 17.0. The van der Waals surface area contributed by atoms with Crippen molar-refractivity contribution >= 4 is 11.6 Å². The lowest BCUT2D eigenvalue weighted by Crippen LogP contribution is -2.22. The van der Waals surface area contributed by atoms with Crippen molar-refractivity contribution in [3.8, 4) is 29.0 Å². The van der Waals surface area contributed by atoms with E-state index in [0.717, 1.165) is 5.56 Å². The van der Waals surface area contributed by atoms with E-state index in [1.807, 2.05) is 6.07 Å². The Balaban J connectivity index is 1.56. The van der Waals surface area contributed by atoms with Gasteiger partial charge in [0.15, 0.2) is 5.75 Å². The van der Waals surface area contributed by atoms with Crippen LogP contribution in [0.25, 0.3) is 11.3 Å². The average Bonchev–Trinajstić information content (AvgIpc) is 3.37. The average molecular weight is 420 g/mol. The molecule has 0 saturated heterocycles. The van der Waals surface area contributed by atoms with Crippen LogP contribution < -0.4 is 14.4 Å². The highest BCUT2D eigenvalue weighted by molar-refractivity contribution is 6.09. The number of carbonyl (C=O) groups is 1. The van der Waals surface area contributed by atoms with Gasteiger partial charge in [0.25, 0.3) is 11.8 Å². The fourth-order valence-electron chi connectivity index (χ4n) is 3.40. The number of ether oxygens (including phenoxy) is 2. The van der Waals surface area contributed by atoms with Crippen molar-refractivity contribution in [1.82, 2.24) is 19.7 Å². The number of nitrogens with zero attached hydrogens (tertiary/aromatic N) is 6. The van der Waals surface area contributed by atoms with Gasteiger partial charge in [-0.3, -0.25) is 19.4 Å². The Morgan fingerprint density at radius 3 is 2.87 bits per heavy atom. The molecule has 1 aliphatic rings. The molecular formula is C21H20N6O4. The smallest absolute Gasteiger partial charge is 0.260 e. The molecule has 0 spiro atoms. The van der Waals surface area contributed by atoms with Gasteiger partial charge in [-0.15, -0.1) is 0 Å². The van der Waals surface area contributed by atoms with Crippen molar-refractivity contribution in [2.75, 3.05) is 19.1 Å². The maximum Gasteiger partial charge on any atom is 0.260 e. The van der Waals surface area contributed by atoms with Crippen LogP contribution in [0.5, 0.6) is 11.6 Å². The second kappa shape index (κ2) is 8.41. The molecule has 0 saturated carbocycles. The van der Waals surface area contributed by atoms with Gasteiger partial charge in [-0.1, -0.05) is 0 Å². The second-order valence-corrected chi connectivity index (χ2v) is 6.95. The topological polar surface area (TPSA) is 126 Å². The fraction of sp³-hybridized carbons (Fsp3) is 0.286. The summed E-state index contributed by atoms with van der Waals surface area (Å²) in [7, 11) is 3.06. The van der Waals surface area contributed by atoms with Crippen LogP contribution in [-0.2, 0) is 13.1 Å². The zero-order valence-corrected chi connectivity index (χ0v) is 17.0. The lowest BCUT2D eigenvalue weighted by atomic mass is 10.1. The molecule has 0 bridgehead atoms. The van der Waals surface area contributed by atoms with Gasteiger partial charge in [0.2, 0.25) is 0 Å². The Labute approximate surface area is 178 Å². The first-order valence-electron chi connectivity index (χ1n) is 9.51. The van der Waals surface area contributed by atoms with Gasteiger partial charge in [0, 0.05) is 18.0 Å². The van der Waals surface area contributed by atoms with E-state index >= 15 is 0 Å². The van der Waals surface area contributed by atoms with Crippen LogP contribution in [-0.4, -0.2) is 51.1 Å². The number of pyridine rings is 2. The van der Waals surface area contributed by atoms with E-state index in [4.69, 9.17) is 14.7 Å². The van der Waals surface area contributed by atoms with E-state index < -0.39 is 6.10 Å². The van der Waals surface area contributed by atoms with Crippen LogP contribution in [0.1, 0.15) is 22.5 Å². The predicted octanol–water partition coefficient (Wildman–Crippen LogP) is 1.79. The number of carbonyl (C=O) groups excluding carboxylic acids is 1. The summed E-state index contributed by atoms with van der Waals surface area (Å²) in [5.74, 6) is 0.702. The molecule has 0 unspecified atom stereocenters. The largest absolute Gasteiger partial charge is 0.491 e. The van der Waals surface area contributed by atoms with Gasteiger partial charge >= 0.3 is 0 Å². The predicted molar refractivity (Wildman–Crippen MR) is 110 cm³/mol. The lowest BCUT2D eigenvalue weighted by molar-refractivity contribution is 0.0996. The second-order valence-electron chi connectivity index (χ2n) is 6.95. The van der Waals surface area contributed by atoms with Crippen LogP contribution in [0.3, 0.4) is 0 Å². The maximum atomic E-state index is 12.9. The molecule has 0 aliphatic carbocycles. The maximum absolute atomic E-state index is 12.9. The molecule has 1 atom stereocenters. The molecule has 1 amide bonds. The Bertz CT molecular complexity index is 1170. The number of hydrogen-bond donors (Lipinski definition) is 1. The summed E-state index contributed by atoms with van der Waals surface area (Å²) < 4.78 is 12.0. The van der Waals surface area contributed by atoms with Gasteiger partial charge in [-0.25, -0.2) is 4.98 Å². The normalized spacial score (nSPS) is 13.6. The summed E-state index contributed by atoms with van der Waals surface area (Å²) in [4.78, 5) is 23.3. The van der Waals surface area contributed by atoms with E-state index in [2.05, 4.69) is 15.1 Å². The number of methoxy groups -OCH3 is 2. The first-order chi connectivity index (χ1) is 15.0. The lowest BCUT2D eigenvalue weighted by Gasteiger charge is -2.12. The van der Waals surface area contributed by atoms with Gasteiger partial charge in [0.1, 0.15) is 0 Å². The minimum absolute atomic E-state index is 0.0149. The Morgan fingerprint density at radius 1 is 1.29 bits per heavy atom. The summed E-state index contributed by atoms with van der Waals surface area (Å²) in [6.07, 6.45) is 4.07. The molecule has 3 aromatic heterocycles. The van der Waals surface area contributed by atoms with E-state index in [9.17, 15) is 9.90 Å². The number of aliphatic hydroxyl groups excluding tert-OH is 1. The van der Waals surface area contributed by atoms with Crippen molar-refractivity contribution in [2.24, 2.45) is 0 Å². The van der Waals surface area contributed by atoms with Crippen molar-refractivity contribution in [3.05, 3.63) is 48.0 Å². The Morgan fingerprint density at radius 2 is 2.13 bits per heavy atom. The van der Waals surface area contributed by atoms with E-state index in [1.165, 1.54) is 18.9 Å². The van der Waals surface area contributed by atoms with Crippen molar-refractivity contribution in [3.63, 3.8) is 0 Å². The molecule has 0 fully saturated rings. The highest BCUT2D eigenvalue weighted by Crippen LogP contribution is 2.32. The number of fused-ring (bicyclic) bond motifs is 1. The molecule has 10 heteroatoms. The highest BCUT2D eigenvalue weighted by Gasteiger charge is 2.31. The highest BCUT2D eigenvalue weighted by atomic mass is 16.5. The summed E-state index contributed by atoms with van der Waals surface area (Å²) in [5, 5.41) is 22.6. The third-order valence-corrected chi connectivity index (χ3v) is 4.94. The number of aliphatic hydroxyl groups is 1. The monoisotopic (exact) mass is 420 g/mol. The molecule has 1 aliphatic heterocycles. The molecule has 31 heavy (non-hydrogen) atoms. The third-order valence-electron chi connectivity index (χ3n) is 4.94. The molecular weight excluding hydrogens is 400 g/mol. The Kier molecular flexibility index (Phi) is 5.51. The number of hydrogen-bond acceptors (Lipinski definition) is 8. The summed E-state index contributed by atoms with van der Waals surface area (Å²) in [6, 6.07) is 7.22. The number of amides is 1. The summed E-state index contributed by atoms with van der Waals surface area (Å²) >= 11 is 0. The first-order valence-corrected chi connectivity index (χ1v) is 9.51. The molecule has 0 radical (unpaired) electrons. The molecule has 158 valence electrons. The van der Waals surface area contributed by atoms with Crippen LogP contribution in [0.15, 0.2) is 36.8 Å². The fourth-order valence-corrected chi connectivity index (χ4v) is 3.40. The molecule has 0 aromatic carbocycles. The third kappa shape index (κ3) is 3.91. The van der Waals surface area contributed by atoms with E-state index in [-0.39, 0.29) is 18.9 Å². The summed E-state index contributed by atoms with van der Waals surface area (Å²) in [5.41, 5.74) is 3.17. The molecule has 1 N–H and O–H groups in total. The SMILES string of the molecule is COc1cc(-c2ccc3c(n2)CN(c2cnn(C[C@H](O)CC#N)c2)C3=O)cnc1OC. The number of rotatable bonds is 7. The number of nitriles is 1. The number of anilines is 1. The van der Waals surface area contributed by atoms with Crippen molar-refractivity contribution in [1.29, 1.82) is 5.26 Å². The van der Waals surface area contributed by atoms with Crippen LogP contribution >= 0.6 is 0 Å². The van der Waals surface area contributed by atoms with E-state index in [1.54, 1.807) is 41.7 Å². The summed E-state index contributed by atoms with van der Waals surface area (Å²) in [6.45, 7) is 0.479. The van der Waals surface area contributed by atoms with Crippen LogP contribution in [0.2, 0.25) is 0 Å². The standard InChI is InChI=1S/C21H20N6O4/c1-30-19-7-13(8-23-20(19)31-2)17-4-3-16-18(25-17)12-27(21(16)29)14-9-24-26(10-14)11-15(28)5-6-22/h3-4,7-10,15,28H,5,11-12H2,1-2H3/t15-/m1/s1. The number of aromatic nitrogens is 4. The van der Waals surface area contributed by atoms with Gasteiger partial charge < -0.3 is 14.6 Å². The first kappa shape index (κ1) is 20.3. The molecule has 4 rings (SSSR count). The molecule has 3 aromatic rings. The minimum atomic E-state index is -0.816. The van der Waals surface area contributed by atoms with Gasteiger partial charge in [0.05, 0.1) is 74.7 Å². The van der Waals surface area contributed by atoms with Crippen molar-refractivity contribution < 1.29 is 19.4 Å². The minimum Gasteiger partial charge on any atom is -0.491 e. The molecule has 4 heterocycles.